The smallest absolute Gasteiger partial charge is 0.126 e. The van der Waals surface area contributed by atoms with Crippen molar-refractivity contribution in [1.29, 1.82) is 0 Å². The van der Waals surface area contributed by atoms with Crippen molar-refractivity contribution >= 4 is 17.3 Å². The SMILES string of the molecule is Fc1cc(Cl)cc(NCc2n[nH]nc2-c2ccccc2)c1. The zero-order chi connectivity index (χ0) is 14.7. The molecule has 0 bridgehead atoms. The van der Waals surface area contributed by atoms with E-state index >= 15 is 0 Å². The Morgan fingerprint density at radius 3 is 2.67 bits per heavy atom. The highest BCUT2D eigenvalue weighted by molar-refractivity contribution is 6.30. The Kier molecular flexibility index (Phi) is 3.83. The van der Waals surface area contributed by atoms with Gasteiger partial charge in [0.25, 0.3) is 0 Å². The third-order valence-electron chi connectivity index (χ3n) is 2.99. The number of anilines is 1. The summed E-state index contributed by atoms with van der Waals surface area (Å²) >= 11 is 5.82. The molecule has 0 aliphatic heterocycles. The molecule has 4 nitrogen and oxygen atoms in total. The highest BCUT2D eigenvalue weighted by Crippen LogP contribution is 2.22. The predicted octanol–water partition coefficient (Wildman–Crippen LogP) is 3.88. The Bertz CT molecular complexity index is 722. The van der Waals surface area contributed by atoms with Gasteiger partial charge in [-0.2, -0.15) is 15.4 Å². The molecule has 2 aromatic carbocycles. The molecule has 0 saturated carbocycles. The van der Waals surface area contributed by atoms with Gasteiger partial charge in [-0.25, -0.2) is 4.39 Å². The molecular weight excluding hydrogens is 291 g/mol. The van der Waals surface area contributed by atoms with Crippen LogP contribution in [0.25, 0.3) is 11.3 Å². The molecule has 21 heavy (non-hydrogen) atoms. The van der Waals surface area contributed by atoms with Crippen LogP contribution >= 0.6 is 11.6 Å². The molecule has 3 aromatic rings. The van der Waals surface area contributed by atoms with Crippen LogP contribution < -0.4 is 5.32 Å². The minimum atomic E-state index is -0.381. The van der Waals surface area contributed by atoms with Crippen LogP contribution in [-0.4, -0.2) is 15.4 Å². The lowest BCUT2D eigenvalue weighted by Crippen LogP contribution is -2.02. The monoisotopic (exact) mass is 302 g/mol. The molecule has 6 heteroatoms. The van der Waals surface area contributed by atoms with E-state index in [1.807, 2.05) is 30.3 Å². The van der Waals surface area contributed by atoms with Gasteiger partial charge in [-0.05, 0) is 18.2 Å². The fraction of sp³-hybridized carbons (Fsp3) is 0.0667. The summed E-state index contributed by atoms with van der Waals surface area (Å²) in [5.41, 5.74) is 3.09. The Labute approximate surface area is 126 Å². The highest BCUT2D eigenvalue weighted by atomic mass is 35.5. The van der Waals surface area contributed by atoms with Crippen molar-refractivity contribution in [3.8, 4) is 11.3 Å². The molecule has 1 heterocycles. The van der Waals surface area contributed by atoms with E-state index < -0.39 is 0 Å². The van der Waals surface area contributed by atoms with Crippen molar-refractivity contribution in [3.63, 3.8) is 0 Å². The second-order valence-electron chi connectivity index (χ2n) is 4.50. The number of nitrogens with zero attached hydrogens (tertiary/aromatic N) is 2. The number of halogens is 2. The minimum Gasteiger partial charge on any atom is -0.379 e. The lowest BCUT2D eigenvalue weighted by Gasteiger charge is -2.06. The van der Waals surface area contributed by atoms with Gasteiger partial charge in [-0.1, -0.05) is 41.9 Å². The quantitative estimate of drug-likeness (QED) is 0.769. The number of hydrogen-bond acceptors (Lipinski definition) is 3. The normalized spacial score (nSPS) is 10.6. The number of aromatic nitrogens is 3. The average molecular weight is 303 g/mol. The maximum Gasteiger partial charge on any atom is 0.126 e. The van der Waals surface area contributed by atoms with Gasteiger partial charge in [0.15, 0.2) is 0 Å². The van der Waals surface area contributed by atoms with E-state index in [2.05, 4.69) is 20.7 Å². The van der Waals surface area contributed by atoms with Gasteiger partial charge in [-0.3, -0.25) is 0 Å². The molecule has 0 aliphatic rings. The third-order valence-corrected chi connectivity index (χ3v) is 3.21. The highest BCUT2D eigenvalue weighted by Gasteiger charge is 2.10. The molecule has 2 N–H and O–H groups in total. The van der Waals surface area contributed by atoms with Gasteiger partial charge in [0.1, 0.15) is 17.2 Å². The second-order valence-corrected chi connectivity index (χ2v) is 4.93. The van der Waals surface area contributed by atoms with Crippen LogP contribution in [0, 0.1) is 5.82 Å². The van der Waals surface area contributed by atoms with Crippen molar-refractivity contribution in [3.05, 3.63) is 65.1 Å². The van der Waals surface area contributed by atoms with Crippen molar-refractivity contribution in [2.24, 2.45) is 0 Å². The number of H-pyrrole nitrogens is 1. The van der Waals surface area contributed by atoms with E-state index in [-0.39, 0.29) is 5.82 Å². The first-order valence-electron chi connectivity index (χ1n) is 6.37. The van der Waals surface area contributed by atoms with Crippen molar-refractivity contribution in [2.75, 3.05) is 5.32 Å². The summed E-state index contributed by atoms with van der Waals surface area (Å²) in [6.45, 7) is 0.417. The van der Waals surface area contributed by atoms with Crippen LogP contribution in [0.1, 0.15) is 5.69 Å². The van der Waals surface area contributed by atoms with E-state index in [0.29, 0.717) is 17.3 Å². The van der Waals surface area contributed by atoms with E-state index in [0.717, 1.165) is 17.0 Å². The number of aromatic amines is 1. The van der Waals surface area contributed by atoms with Gasteiger partial charge < -0.3 is 5.32 Å². The van der Waals surface area contributed by atoms with Crippen LogP contribution in [0.3, 0.4) is 0 Å². The van der Waals surface area contributed by atoms with Crippen LogP contribution in [0.15, 0.2) is 48.5 Å². The zero-order valence-corrected chi connectivity index (χ0v) is 11.7. The maximum absolute atomic E-state index is 13.3. The third kappa shape index (κ3) is 3.20. The van der Waals surface area contributed by atoms with Gasteiger partial charge >= 0.3 is 0 Å². The number of nitrogens with one attached hydrogen (secondary N) is 2. The van der Waals surface area contributed by atoms with Gasteiger partial charge in [-0.15, -0.1) is 0 Å². The summed E-state index contributed by atoms with van der Waals surface area (Å²) in [7, 11) is 0. The molecule has 0 unspecified atom stereocenters. The Morgan fingerprint density at radius 1 is 1.10 bits per heavy atom. The molecule has 0 saturated heterocycles. The first-order chi connectivity index (χ1) is 10.2. The average Bonchev–Trinajstić information content (AvgIpc) is 2.93. The molecule has 0 aliphatic carbocycles. The molecule has 0 radical (unpaired) electrons. The summed E-state index contributed by atoms with van der Waals surface area (Å²) in [4.78, 5) is 0. The molecule has 3 rings (SSSR count). The minimum absolute atomic E-state index is 0.348. The molecule has 0 atom stereocenters. The number of rotatable bonds is 4. The van der Waals surface area contributed by atoms with Gasteiger partial charge in [0.2, 0.25) is 0 Å². The van der Waals surface area contributed by atoms with Crippen molar-refractivity contribution in [2.45, 2.75) is 6.54 Å². The van der Waals surface area contributed by atoms with Crippen LogP contribution in [0.4, 0.5) is 10.1 Å². The lowest BCUT2D eigenvalue weighted by atomic mass is 10.1. The van der Waals surface area contributed by atoms with E-state index in [1.54, 1.807) is 6.07 Å². The number of hydrogen-bond donors (Lipinski definition) is 2. The zero-order valence-electron chi connectivity index (χ0n) is 11.0. The molecule has 106 valence electrons. The van der Waals surface area contributed by atoms with Crippen LogP contribution in [-0.2, 0) is 6.54 Å². The van der Waals surface area contributed by atoms with Crippen molar-refractivity contribution < 1.29 is 4.39 Å². The molecular formula is C15H12ClFN4. The van der Waals surface area contributed by atoms with Crippen LogP contribution in [0.2, 0.25) is 5.02 Å². The summed E-state index contributed by atoms with van der Waals surface area (Å²) in [6, 6.07) is 14.0. The fourth-order valence-corrected chi connectivity index (χ4v) is 2.27. The summed E-state index contributed by atoms with van der Waals surface area (Å²) in [5, 5.41) is 14.3. The van der Waals surface area contributed by atoms with Crippen molar-refractivity contribution in [1.82, 2.24) is 15.4 Å². The van der Waals surface area contributed by atoms with E-state index in [9.17, 15) is 4.39 Å². The molecule has 0 amide bonds. The molecule has 0 spiro atoms. The predicted molar refractivity (Wildman–Crippen MR) is 80.6 cm³/mol. The Balaban J connectivity index is 1.79. The molecule has 0 fully saturated rings. The summed E-state index contributed by atoms with van der Waals surface area (Å²) < 4.78 is 13.3. The Hall–Kier alpha value is -2.40. The first-order valence-corrected chi connectivity index (χ1v) is 6.75. The van der Waals surface area contributed by atoms with E-state index in [1.165, 1.54) is 12.1 Å². The second kappa shape index (κ2) is 5.93. The lowest BCUT2D eigenvalue weighted by molar-refractivity contribution is 0.628. The fourth-order valence-electron chi connectivity index (χ4n) is 2.04. The first kappa shape index (κ1) is 13.6. The van der Waals surface area contributed by atoms with Gasteiger partial charge in [0, 0.05) is 16.3 Å². The summed E-state index contributed by atoms with van der Waals surface area (Å²) in [6.07, 6.45) is 0. The summed E-state index contributed by atoms with van der Waals surface area (Å²) in [5.74, 6) is -0.381. The van der Waals surface area contributed by atoms with Crippen LogP contribution in [0.5, 0.6) is 0 Å². The number of benzene rings is 2. The Morgan fingerprint density at radius 2 is 1.90 bits per heavy atom. The maximum atomic E-state index is 13.3. The standard InChI is InChI=1S/C15H12ClFN4/c16-11-6-12(17)8-13(7-11)18-9-14-15(20-21-19-14)10-4-2-1-3-5-10/h1-8,18H,9H2,(H,19,20,21). The largest absolute Gasteiger partial charge is 0.379 e. The molecule has 1 aromatic heterocycles. The topological polar surface area (TPSA) is 53.6 Å². The van der Waals surface area contributed by atoms with E-state index in [4.69, 9.17) is 11.6 Å². The van der Waals surface area contributed by atoms with Gasteiger partial charge in [0.05, 0.1) is 6.54 Å².